The lowest BCUT2D eigenvalue weighted by atomic mass is 10.1. The molecular weight excluding hydrogens is 594 g/mol. The summed E-state index contributed by atoms with van der Waals surface area (Å²) >= 11 is 0. The molecule has 2 atom stereocenters. The van der Waals surface area contributed by atoms with Gasteiger partial charge in [0.15, 0.2) is 12.1 Å². The van der Waals surface area contributed by atoms with Gasteiger partial charge >= 0.3 is 17.9 Å². The number of allylic oxidation sites excluding steroid dienone is 12. The molecule has 0 aromatic rings. The molecule has 0 saturated carbocycles. The van der Waals surface area contributed by atoms with Crippen molar-refractivity contribution in [1.82, 2.24) is 0 Å². The van der Waals surface area contributed by atoms with Gasteiger partial charge in [0.1, 0.15) is 6.61 Å². The summed E-state index contributed by atoms with van der Waals surface area (Å²) in [4.78, 5) is 36.6. The molecule has 0 aromatic carbocycles. The van der Waals surface area contributed by atoms with Crippen LogP contribution < -0.4 is 0 Å². The molecule has 0 amide bonds. The Bertz CT molecular complexity index is 1000. The maximum atomic E-state index is 12.6. The van der Waals surface area contributed by atoms with Crippen molar-refractivity contribution in [2.24, 2.45) is 0 Å². The Morgan fingerprint density at radius 1 is 0.660 bits per heavy atom. The van der Waals surface area contributed by atoms with Crippen LogP contribution in [0.15, 0.2) is 72.9 Å². The average Bonchev–Trinajstić information content (AvgIpc) is 3.01. The molecule has 1 N–H and O–H groups in total. The Labute approximate surface area is 285 Å². The molecule has 0 fully saturated rings. The molecule has 8 nitrogen and oxygen atoms in total. The van der Waals surface area contributed by atoms with Crippen LogP contribution in [-0.2, 0) is 28.6 Å². The molecule has 0 aliphatic rings. The van der Waals surface area contributed by atoms with Gasteiger partial charge in [0.05, 0.1) is 34.4 Å². The highest BCUT2D eigenvalue weighted by Gasteiger charge is 2.31. The molecule has 0 saturated heterocycles. The Balaban J connectivity index is 4.63. The molecule has 47 heavy (non-hydrogen) atoms. The minimum absolute atomic E-state index is 0.0294. The molecule has 2 unspecified atom stereocenters. The summed E-state index contributed by atoms with van der Waals surface area (Å²) in [6.07, 6.45) is 35.3. The molecular formula is C39H64NO7+. The second-order valence-electron chi connectivity index (χ2n) is 12.5. The summed E-state index contributed by atoms with van der Waals surface area (Å²) in [5.41, 5.74) is 0. The van der Waals surface area contributed by atoms with Crippen molar-refractivity contribution < 1.29 is 38.2 Å². The van der Waals surface area contributed by atoms with Crippen molar-refractivity contribution >= 4 is 17.9 Å². The van der Waals surface area contributed by atoms with Crippen LogP contribution in [0.5, 0.6) is 0 Å². The zero-order valence-corrected chi connectivity index (χ0v) is 29.9. The van der Waals surface area contributed by atoms with Crippen LogP contribution in [0.25, 0.3) is 0 Å². The van der Waals surface area contributed by atoms with Crippen LogP contribution in [0, 0.1) is 0 Å². The number of carboxylic acids is 1. The summed E-state index contributed by atoms with van der Waals surface area (Å²) in [6.45, 7) is 4.41. The highest BCUT2D eigenvalue weighted by Crippen LogP contribution is 2.11. The van der Waals surface area contributed by atoms with Crippen LogP contribution in [0.2, 0.25) is 0 Å². The maximum Gasteiger partial charge on any atom is 0.362 e. The Kier molecular flexibility index (Phi) is 28.1. The number of esters is 2. The summed E-state index contributed by atoms with van der Waals surface area (Å²) < 4.78 is 17.0. The summed E-state index contributed by atoms with van der Waals surface area (Å²) in [5, 5.41) is 9.55. The lowest BCUT2D eigenvalue weighted by Gasteiger charge is -2.31. The first-order chi connectivity index (χ1) is 22.6. The van der Waals surface area contributed by atoms with Crippen molar-refractivity contribution in [3.63, 3.8) is 0 Å². The third-order valence-corrected chi connectivity index (χ3v) is 7.22. The number of carbonyl (C=O) groups is 3. The summed E-state index contributed by atoms with van der Waals surface area (Å²) in [7, 11) is 5.47. The predicted molar refractivity (Wildman–Crippen MR) is 192 cm³/mol. The standard InChI is InChI=1S/C39H63NO7/c1-6-8-10-12-14-16-18-19-20-22-23-25-27-29-37(41)46-34-35(33-45-32-31-36(39(43)44)40(3,4)5)47-38(42)30-28-26-24-21-17-15-13-11-9-7-2/h8,10,12-16,18-20,22-23,35-36H,6-7,9,11,17,21,24-34H2,1-5H3/p+1/b10-8+,14-12+,15-13+,18-16+,20-19+,23-22+. The molecule has 0 spiro atoms. The van der Waals surface area contributed by atoms with Crippen molar-refractivity contribution in [3.05, 3.63) is 72.9 Å². The molecule has 0 aromatic heterocycles. The number of carbonyl (C=O) groups excluding carboxylic acids is 2. The number of likely N-dealkylation sites (N-methyl/N-ethyl adjacent to an activating group) is 1. The van der Waals surface area contributed by atoms with Gasteiger partial charge < -0.3 is 23.8 Å². The van der Waals surface area contributed by atoms with Gasteiger partial charge in [-0.1, -0.05) is 112 Å². The van der Waals surface area contributed by atoms with E-state index in [0.29, 0.717) is 19.3 Å². The van der Waals surface area contributed by atoms with Crippen LogP contribution in [0.3, 0.4) is 0 Å². The van der Waals surface area contributed by atoms with E-state index < -0.39 is 18.1 Å². The predicted octanol–water partition coefficient (Wildman–Crippen LogP) is 8.46. The number of ether oxygens (including phenoxy) is 3. The molecule has 0 aliphatic carbocycles. The molecule has 266 valence electrons. The number of unbranched alkanes of at least 4 members (excludes halogenated alkanes) is 7. The third kappa shape index (κ3) is 28.7. The molecule has 0 radical (unpaired) electrons. The quantitative estimate of drug-likeness (QED) is 0.0283. The van der Waals surface area contributed by atoms with Crippen LogP contribution in [0.1, 0.15) is 104 Å². The fourth-order valence-electron chi connectivity index (χ4n) is 4.45. The Morgan fingerprint density at radius 3 is 1.85 bits per heavy atom. The number of hydrogen-bond donors (Lipinski definition) is 1. The topological polar surface area (TPSA) is 99.1 Å². The Morgan fingerprint density at radius 2 is 1.23 bits per heavy atom. The highest BCUT2D eigenvalue weighted by molar-refractivity contribution is 5.72. The number of hydrogen-bond acceptors (Lipinski definition) is 6. The van der Waals surface area contributed by atoms with Gasteiger partial charge in [-0.3, -0.25) is 9.59 Å². The SMILES string of the molecule is CC/C=C/C=C/C=C/C=C/C=C/CCCC(=O)OCC(COCCC(C(=O)O)[N+](C)(C)C)OC(=O)CCCCCC/C=C/CCCC. The van der Waals surface area contributed by atoms with E-state index in [1.807, 2.05) is 75.8 Å². The van der Waals surface area contributed by atoms with E-state index in [1.165, 1.54) is 12.8 Å². The number of aliphatic carboxylic acids is 1. The van der Waals surface area contributed by atoms with E-state index in [-0.39, 0.29) is 42.7 Å². The number of carboxylic acid groups (broad SMARTS) is 1. The van der Waals surface area contributed by atoms with Gasteiger partial charge in [-0.2, -0.15) is 0 Å². The van der Waals surface area contributed by atoms with Crippen LogP contribution >= 0.6 is 0 Å². The van der Waals surface area contributed by atoms with Gasteiger partial charge in [0.2, 0.25) is 0 Å². The summed E-state index contributed by atoms with van der Waals surface area (Å²) in [6, 6.07) is -0.628. The fraction of sp³-hybridized carbons (Fsp3) is 0.615. The molecule has 0 aliphatic heterocycles. The van der Waals surface area contributed by atoms with Crippen LogP contribution in [0.4, 0.5) is 0 Å². The fourth-order valence-corrected chi connectivity index (χ4v) is 4.45. The molecule has 0 rings (SSSR count). The minimum Gasteiger partial charge on any atom is -0.477 e. The van der Waals surface area contributed by atoms with E-state index in [2.05, 4.69) is 32.1 Å². The molecule has 0 heterocycles. The smallest absolute Gasteiger partial charge is 0.362 e. The number of rotatable bonds is 29. The van der Waals surface area contributed by atoms with Crippen molar-refractivity contribution in [1.29, 1.82) is 0 Å². The normalized spacial score (nSPS) is 14.0. The Hall–Kier alpha value is -3.23. The number of nitrogens with zero attached hydrogens (tertiary/aromatic N) is 1. The van der Waals surface area contributed by atoms with Crippen LogP contribution in [-0.4, -0.2) is 80.6 Å². The lowest BCUT2D eigenvalue weighted by molar-refractivity contribution is -0.887. The van der Waals surface area contributed by atoms with Gasteiger partial charge in [-0.05, 0) is 44.9 Å². The van der Waals surface area contributed by atoms with Crippen molar-refractivity contribution in [2.45, 2.75) is 116 Å². The second kappa shape index (κ2) is 30.1. The van der Waals surface area contributed by atoms with E-state index in [4.69, 9.17) is 14.2 Å². The summed E-state index contributed by atoms with van der Waals surface area (Å²) in [5.74, 6) is -1.60. The van der Waals surface area contributed by atoms with Crippen molar-refractivity contribution in [2.75, 3.05) is 41.0 Å². The van der Waals surface area contributed by atoms with Gasteiger partial charge in [-0.25, -0.2) is 4.79 Å². The molecule has 8 heteroatoms. The first kappa shape index (κ1) is 43.8. The highest BCUT2D eigenvalue weighted by atomic mass is 16.6. The van der Waals surface area contributed by atoms with Gasteiger partial charge in [0.25, 0.3) is 0 Å². The first-order valence-electron chi connectivity index (χ1n) is 17.5. The molecule has 0 bridgehead atoms. The van der Waals surface area contributed by atoms with E-state index in [0.717, 1.165) is 51.4 Å². The average molecular weight is 659 g/mol. The van der Waals surface area contributed by atoms with Crippen molar-refractivity contribution in [3.8, 4) is 0 Å². The van der Waals surface area contributed by atoms with E-state index >= 15 is 0 Å². The van der Waals surface area contributed by atoms with Gasteiger partial charge in [-0.15, -0.1) is 0 Å². The first-order valence-corrected chi connectivity index (χ1v) is 17.5. The lowest BCUT2D eigenvalue weighted by Crippen LogP contribution is -2.50. The third-order valence-electron chi connectivity index (χ3n) is 7.22. The van der Waals surface area contributed by atoms with E-state index in [1.54, 1.807) is 0 Å². The largest absolute Gasteiger partial charge is 0.477 e. The number of quaternary nitrogens is 1. The van der Waals surface area contributed by atoms with E-state index in [9.17, 15) is 19.5 Å². The second-order valence-corrected chi connectivity index (χ2v) is 12.5. The maximum absolute atomic E-state index is 12.6. The minimum atomic E-state index is -0.892. The van der Waals surface area contributed by atoms with Gasteiger partial charge in [0, 0.05) is 19.3 Å². The monoisotopic (exact) mass is 658 g/mol. The zero-order chi connectivity index (χ0) is 35.0. The zero-order valence-electron chi connectivity index (χ0n) is 29.9.